The summed E-state index contributed by atoms with van der Waals surface area (Å²) in [6.45, 7) is 0.308. The molecule has 1 N–H and O–H groups in total. The fourth-order valence-electron chi connectivity index (χ4n) is 4.40. The third kappa shape index (κ3) is 7.38. The van der Waals surface area contributed by atoms with Gasteiger partial charge in [-0.15, -0.1) is 20.8 Å². The molecule has 0 amide bonds. The van der Waals surface area contributed by atoms with Crippen molar-refractivity contribution in [3.8, 4) is 22.4 Å². The van der Waals surface area contributed by atoms with Crippen molar-refractivity contribution in [2.45, 2.75) is 12.7 Å². The lowest BCUT2D eigenvalue weighted by Gasteiger charge is -2.23. The van der Waals surface area contributed by atoms with Crippen LogP contribution in [0.5, 0.6) is 0 Å². The number of carboxylic acids is 1. The number of hydrogen-bond acceptors (Lipinski definition) is 7. The summed E-state index contributed by atoms with van der Waals surface area (Å²) in [5.41, 5.74) is 5.15. The van der Waals surface area contributed by atoms with Gasteiger partial charge in [-0.2, -0.15) is 0 Å². The molecular weight excluding hydrogens is 720 g/mol. The molecule has 0 aliphatic carbocycles. The van der Waals surface area contributed by atoms with Crippen molar-refractivity contribution in [2.75, 3.05) is 4.90 Å². The Hall–Kier alpha value is -3.15. The van der Waals surface area contributed by atoms with Crippen LogP contribution in [0, 0.1) is 0 Å². The van der Waals surface area contributed by atoms with Gasteiger partial charge in [0.15, 0.2) is 5.13 Å². The second-order valence-electron chi connectivity index (χ2n) is 9.50. The van der Waals surface area contributed by atoms with E-state index >= 15 is 0 Å². The number of halogens is 5. The third-order valence-electron chi connectivity index (χ3n) is 6.57. The summed E-state index contributed by atoms with van der Waals surface area (Å²) in [7, 11) is -4.57. The second kappa shape index (κ2) is 13.9. The number of carbonyl (C=O) groups is 1. The number of hydrogen-bond donors (Lipinski definition) is 1. The molecule has 0 unspecified atom stereocenters. The van der Waals surface area contributed by atoms with Gasteiger partial charge in [0.05, 0.1) is 34.0 Å². The minimum Gasteiger partial charge on any atom is -0.478 e. The molecule has 0 saturated heterocycles. The number of thiazole rings is 1. The minimum absolute atomic E-state index is 0.196. The highest BCUT2D eigenvalue weighted by molar-refractivity contribution is 9.10. The van der Waals surface area contributed by atoms with Crippen LogP contribution in [0.1, 0.15) is 21.5 Å². The van der Waals surface area contributed by atoms with Crippen LogP contribution in [-0.2, 0) is 26.7 Å². The van der Waals surface area contributed by atoms with Crippen LogP contribution in [0.25, 0.3) is 22.4 Å². The number of aromatic nitrogens is 1. The van der Waals surface area contributed by atoms with Crippen LogP contribution < -0.4 is 4.90 Å². The Morgan fingerprint density at radius 3 is 2.32 bits per heavy atom. The van der Waals surface area contributed by atoms with Crippen molar-refractivity contribution in [3.05, 3.63) is 122 Å². The standard InChI is InChI=1S/C30H20BrCl2F2N2O5PS/c31-25-11-18(7-8-23(25)16-43(40,41-34)42-35)15-37(24-9-10-26(32)27(33)14-24)30-36-28(17-44-30)21-5-1-3-19(12-21)20-4-2-6-22(13-20)29(38)39/h1-14,17H,15-16H2,(H,38,39). The van der Waals surface area contributed by atoms with E-state index in [1.54, 1.807) is 48.5 Å². The number of aromatic carboxylic acids is 1. The molecule has 14 heteroatoms. The Labute approximate surface area is 273 Å². The molecule has 5 aromatic rings. The Balaban J connectivity index is 1.48. The predicted molar refractivity (Wildman–Crippen MR) is 172 cm³/mol. The minimum atomic E-state index is -4.57. The van der Waals surface area contributed by atoms with Gasteiger partial charge < -0.3 is 10.0 Å². The normalized spacial score (nSPS) is 11.5. The molecule has 0 bridgehead atoms. The molecule has 0 radical (unpaired) electrons. The molecule has 0 spiro atoms. The van der Waals surface area contributed by atoms with Gasteiger partial charge in [-0.3, -0.25) is 4.57 Å². The lowest BCUT2D eigenvalue weighted by molar-refractivity contribution is -0.0881. The molecule has 1 heterocycles. The number of nitrogens with zero attached hydrogens (tertiary/aromatic N) is 2. The van der Waals surface area contributed by atoms with Crippen molar-refractivity contribution < 1.29 is 33.0 Å². The van der Waals surface area contributed by atoms with E-state index in [2.05, 4.69) is 25.4 Å². The maximum atomic E-state index is 12.6. The zero-order valence-corrected chi connectivity index (χ0v) is 27.1. The molecule has 0 fully saturated rings. The fourth-order valence-corrected chi connectivity index (χ4v) is 7.14. The second-order valence-corrected chi connectivity index (χ2v) is 13.8. The summed E-state index contributed by atoms with van der Waals surface area (Å²) in [5, 5.41) is 12.7. The van der Waals surface area contributed by atoms with E-state index in [0.29, 0.717) is 43.1 Å². The van der Waals surface area contributed by atoms with Gasteiger partial charge in [-0.05, 0) is 73.8 Å². The lowest BCUT2D eigenvalue weighted by atomic mass is 10.0. The van der Waals surface area contributed by atoms with Crippen molar-refractivity contribution in [2.24, 2.45) is 0 Å². The van der Waals surface area contributed by atoms with Gasteiger partial charge in [-0.25, -0.2) is 9.78 Å². The van der Waals surface area contributed by atoms with E-state index in [1.165, 1.54) is 11.3 Å². The highest BCUT2D eigenvalue weighted by atomic mass is 79.9. The van der Waals surface area contributed by atoms with Crippen LogP contribution in [0.2, 0.25) is 10.0 Å². The average molecular weight is 740 g/mol. The van der Waals surface area contributed by atoms with Crippen LogP contribution in [0.3, 0.4) is 0 Å². The van der Waals surface area contributed by atoms with Crippen molar-refractivity contribution in [1.82, 2.24) is 4.98 Å². The van der Waals surface area contributed by atoms with Gasteiger partial charge in [0, 0.05) is 21.1 Å². The van der Waals surface area contributed by atoms with E-state index in [0.717, 1.165) is 22.3 Å². The summed E-state index contributed by atoms with van der Waals surface area (Å²) < 4.78 is 44.1. The Morgan fingerprint density at radius 2 is 1.64 bits per heavy atom. The maximum Gasteiger partial charge on any atom is 0.399 e. The molecule has 226 valence electrons. The molecule has 0 saturated carbocycles. The first-order chi connectivity index (χ1) is 21.1. The quantitative estimate of drug-likeness (QED) is 0.135. The van der Waals surface area contributed by atoms with Gasteiger partial charge in [-0.1, -0.05) is 81.6 Å². The summed E-state index contributed by atoms with van der Waals surface area (Å²) in [4.78, 5) is 18.3. The first-order valence-corrected chi connectivity index (χ1v) is 16.8. The summed E-state index contributed by atoms with van der Waals surface area (Å²) >= 11 is 17.3. The number of anilines is 2. The molecule has 5 rings (SSSR count). The molecule has 0 aliphatic heterocycles. The first-order valence-electron chi connectivity index (χ1n) is 12.7. The molecular formula is C30H20BrCl2F2N2O5PS. The molecule has 44 heavy (non-hydrogen) atoms. The topological polar surface area (TPSA) is 89.0 Å². The van der Waals surface area contributed by atoms with Crippen LogP contribution in [0.15, 0.2) is 94.8 Å². The van der Waals surface area contributed by atoms with E-state index < -0.39 is 19.7 Å². The third-order valence-corrected chi connectivity index (χ3v) is 10.1. The van der Waals surface area contributed by atoms with E-state index in [-0.39, 0.29) is 5.56 Å². The maximum absolute atomic E-state index is 12.6. The number of carboxylic acid groups (broad SMARTS) is 1. The van der Waals surface area contributed by atoms with Crippen LogP contribution >= 0.6 is 58.1 Å². The van der Waals surface area contributed by atoms with Gasteiger partial charge in [0.1, 0.15) is 0 Å². The Kier molecular flexibility index (Phi) is 10.2. The summed E-state index contributed by atoms with van der Waals surface area (Å²) in [5.74, 6) is -1.00. The van der Waals surface area contributed by atoms with E-state index in [4.69, 9.17) is 28.2 Å². The van der Waals surface area contributed by atoms with Crippen LogP contribution in [-0.4, -0.2) is 16.1 Å². The zero-order chi connectivity index (χ0) is 31.4. The largest absolute Gasteiger partial charge is 0.478 e. The molecule has 0 aliphatic rings. The predicted octanol–water partition coefficient (Wildman–Crippen LogP) is 11.1. The summed E-state index contributed by atoms with van der Waals surface area (Å²) in [6.07, 6.45) is -0.618. The lowest BCUT2D eigenvalue weighted by Crippen LogP contribution is -2.16. The molecule has 7 nitrogen and oxygen atoms in total. The number of benzene rings is 4. The molecule has 4 aromatic carbocycles. The smallest absolute Gasteiger partial charge is 0.399 e. The zero-order valence-electron chi connectivity index (χ0n) is 22.3. The molecule has 0 atom stereocenters. The summed E-state index contributed by atoms with van der Waals surface area (Å²) in [6, 6.07) is 24.6. The SMILES string of the molecule is O=C(O)c1cccc(-c2cccc(-c3csc(N(Cc4ccc(CP(=O)(OF)OF)c(Br)c4)c4ccc(Cl)c(Cl)c4)n3)c2)c1. The highest BCUT2D eigenvalue weighted by Crippen LogP contribution is 2.53. The fraction of sp³-hybridized carbons (Fsp3) is 0.0667. The van der Waals surface area contributed by atoms with Crippen molar-refractivity contribution in [1.29, 1.82) is 0 Å². The van der Waals surface area contributed by atoms with Crippen molar-refractivity contribution >= 4 is 74.9 Å². The monoisotopic (exact) mass is 738 g/mol. The van der Waals surface area contributed by atoms with E-state index in [9.17, 15) is 23.5 Å². The van der Waals surface area contributed by atoms with Crippen LogP contribution in [0.4, 0.5) is 19.9 Å². The highest BCUT2D eigenvalue weighted by Gasteiger charge is 2.29. The van der Waals surface area contributed by atoms with Gasteiger partial charge in [0.2, 0.25) is 0 Å². The number of rotatable bonds is 11. The first kappa shape index (κ1) is 32.2. The Bertz CT molecular complexity index is 1890. The van der Waals surface area contributed by atoms with Crippen molar-refractivity contribution in [3.63, 3.8) is 0 Å². The van der Waals surface area contributed by atoms with Gasteiger partial charge in [0.25, 0.3) is 0 Å². The van der Waals surface area contributed by atoms with Gasteiger partial charge >= 0.3 is 13.6 Å². The Morgan fingerprint density at radius 1 is 0.932 bits per heavy atom. The van der Waals surface area contributed by atoms with E-state index in [1.807, 2.05) is 46.7 Å². The average Bonchev–Trinajstić information content (AvgIpc) is 3.53. The molecule has 1 aromatic heterocycles.